The lowest BCUT2D eigenvalue weighted by Gasteiger charge is -2.31. The Kier molecular flexibility index (Phi) is 6.92. The average Bonchev–Trinajstić information content (AvgIpc) is 2.73. The molecule has 0 fully saturated rings. The van der Waals surface area contributed by atoms with Crippen LogP contribution in [0.4, 0.5) is 0 Å². The number of benzene rings is 2. The van der Waals surface area contributed by atoms with Gasteiger partial charge in [0.15, 0.2) is 5.78 Å². The Hall–Kier alpha value is -2.81. The van der Waals surface area contributed by atoms with E-state index in [1.807, 2.05) is 18.2 Å². The number of aromatic hydroxyl groups is 1. The highest BCUT2D eigenvalue weighted by molar-refractivity contribution is 6.01. The van der Waals surface area contributed by atoms with Crippen LogP contribution in [-0.4, -0.2) is 18.0 Å². The molecule has 0 spiro atoms. The molecule has 0 unspecified atom stereocenters. The van der Waals surface area contributed by atoms with Gasteiger partial charge in [0, 0.05) is 12.0 Å². The van der Waals surface area contributed by atoms with E-state index < -0.39 is 0 Å². The van der Waals surface area contributed by atoms with Crippen molar-refractivity contribution < 1.29 is 14.6 Å². The largest absolute Gasteiger partial charge is 0.507 e. The Morgan fingerprint density at radius 2 is 1.93 bits per heavy atom. The molecule has 0 heterocycles. The molecule has 3 heteroatoms. The van der Waals surface area contributed by atoms with Gasteiger partial charge < -0.3 is 9.84 Å². The molecule has 0 bridgehead atoms. The Labute approximate surface area is 173 Å². The van der Waals surface area contributed by atoms with Gasteiger partial charge in [0.25, 0.3) is 0 Å². The summed E-state index contributed by atoms with van der Waals surface area (Å²) < 4.78 is 5.15. The van der Waals surface area contributed by atoms with Crippen LogP contribution >= 0.6 is 0 Å². The highest BCUT2D eigenvalue weighted by Crippen LogP contribution is 2.41. The van der Waals surface area contributed by atoms with E-state index in [1.54, 1.807) is 19.2 Å². The lowest BCUT2D eigenvalue weighted by atomic mass is 9.72. The van der Waals surface area contributed by atoms with Gasteiger partial charge in [-0.05, 0) is 63.1 Å². The predicted molar refractivity (Wildman–Crippen MR) is 118 cm³/mol. The molecule has 152 valence electrons. The molecule has 0 saturated carbocycles. The second kappa shape index (κ2) is 9.60. The fraction of sp³-hybridized carbons (Fsp3) is 0.346. The molecule has 0 radical (unpaired) electrons. The number of ether oxygens (including phenoxy) is 1. The second-order valence-corrected chi connectivity index (χ2v) is 7.99. The van der Waals surface area contributed by atoms with Crippen molar-refractivity contribution in [3.8, 4) is 11.5 Å². The topological polar surface area (TPSA) is 46.5 Å². The monoisotopic (exact) mass is 390 g/mol. The number of carbonyl (C=O) groups excluding carboxylic acids is 1. The highest BCUT2D eigenvalue weighted by atomic mass is 16.5. The summed E-state index contributed by atoms with van der Waals surface area (Å²) in [7, 11) is 1.55. The van der Waals surface area contributed by atoms with Crippen molar-refractivity contribution in [2.75, 3.05) is 7.11 Å². The molecule has 0 saturated heterocycles. The summed E-state index contributed by atoms with van der Waals surface area (Å²) in [6.07, 6.45) is 8.16. The van der Waals surface area contributed by atoms with Crippen molar-refractivity contribution >= 4 is 5.78 Å². The van der Waals surface area contributed by atoms with Crippen LogP contribution in [0.3, 0.4) is 0 Å². The van der Waals surface area contributed by atoms with Crippen LogP contribution in [0.2, 0.25) is 0 Å². The number of methoxy groups -OCH3 is 1. The van der Waals surface area contributed by atoms with Crippen molar-refractivity contribution in [2.45, 2.75) is 45.4 Å². The predicted octanol–water partition coefficient (Wildman–Crippen LogP) is 6.45. The van der Waals surface area contributed by atoms with Gasteiger partial charge in [-0.2, -0.15) is 0 Å². The summed E-state index contributed by atoms with van der Waals surface area (Å²) in [5.41, 5.74) is 4.31. The summed E-state index contributed by atoms with van der Waals surface area (Å²) in [6.45, 7) is 4.25. The van der Waals surface area contributed by atoms with Crippen LogP contribution in [0.5, 0.6) is 11.5 Å². The van der Waals surface area contributed by atoms with Gasteiger partial charge in [-0.3, -0.25) is 4.79 Å². The fourth-order valence-corrected chi connectivity index (χ4v) is 4.10. The molecular formula is C26H30O3. The second-order valence-electron chi connectivity index (χ2n) is 7.99. The number of carbonyl (C=O) groups is 1. The zero-order chi connectivity index (χ0) is 20.8. The number of Topliss-reactive ketones (excluding diaryl/α,β-unsaturated/α-hetero) is 1. The maximum atomic E-state index is 13.4. The minimum absolute atomic E-state index is 0.00129. The molecule has 0 aromatic heterocycles. The summed E-state index contributed by atoms with van der Waals surface area (Å²) >= 11 is 0. The van der Waals surface area contributed by atoms with E-state index in [0.29, 0.717) is 17.7 Å². The van der Waals surface area contributed by atoms with Crippen LogP contribution in [0.1, 0.15) is 61.4 Å². The minimum atomic E-state index is -0.177. The SMILES string of the molecule is COc1ccc(C(=O)[C@H]2CC=C(CCC=C(C)C)C[C@@H]2c2ccccc2)c(O)c1. The van der Waals surface area contributed by atoms with Gasteiger partial charge in [-0.15, -0.1) is 0 Å². The number of allylic oxidation sites excluding steroid dienone is 4. The average molecular weight is 391 g/mol. The molecule has 1 N–H and O–H groups in total. The molecule has 0 amide bonds. The maximum Gasteiger partial charge on any atom is 0.170 e. The standard InChI is InChI=1S/C26H30O3/c1-18(2)8-7-9-19-12-14-22(24(16-19)20-10-5-4-6-11-20)26(28)23-15-13-21(29-3)17-25(23)27/h4-6,8,10-13,15,17,22,24,27H,7,9,14,16H2,1-3H3/t22-,24+/m0/s1. The van der Waals surface area contributed by atoms with E-state index in [-0.39, 0.29) is 23.4 Å². The number of phenols is 1. The zero-order valence-corrected chi connectivity index (χ0v) is 17.5. The number of hydrogen-bond donors (Lipinski definition) is 1. The van der Waals surface area contributed by atoms with Gasteiger partial charge in [0.1, 0.15) is 11.5 Å². The Balaban J connectivity index is 1.88. The molecule has 1 aliphatic rings. The molecule has 2 aromatic rings. The highest BCUT2D eigenvalue weighted by Gasteiger charge is 2.33. The summed E-state index contributed by atoms with van der Waals surface area (Å²) in [5.74, 6) is 0.475. The maximum absolute atomic E-state index is 13.4. The normalized spacial score (nSPS) is 18.7. The lowest BCUT2D eigenvalue weighted by molar-refractivity contribution is 0.0892. The molecule has 29 heavy (non-hydrogen) atoms. The van der Waals surface area contributed by atoms with Gasteiger partial charge in [0.05, 0.1) is 12.7 Å². The zero-order valence-electron chi connectivity index (χ0n) is 17.5. The third-order valence-electron chi connectivity index (χ3n) is 5.68. The van der Waals surface area contributed by atoms with Gasteiger partial charge >= 0.3 is 0 Å². The van der Waals surface area contributed by atoms with E-state index in [1.165, 1.54) is 22.8 Å². The number of rotatable bonds is 7. The van der Waals surface area contributed by atoms with Crippen LogP contribution in [0.15, 0.2) is 71.8 Å². The van der Waals surface area contributed by atoms with Gasteiger partial charge in [-0.1, -0.05) is 53.6 Å². The fourth-order valence-electron chi connectivity index (χ4n) is 4.10. The van der Waals surface area contributed by atoms with E-state index in [2.05, 4.69) is 38.1 Å². The molecule has 0 aliphatic heterocycles. The molecule has 2 atom stereocenters. The molecule has 3 rings (SSSR count). The van der Waals surface area contributed by atoms with E-state index in [0.717, 1.165) is 19.3 Å². The Bertz CT molecular complexity index is 905. The van der Waals surface area contributed by atoms with Gasteiger partial charge in [-0.25, -0.2) is 0 Å². The van der Waals surface area contributed by atoms with Crippen molar-refractivity contribution in [3.63, 3.8) is 0 Å². The van der Waals surface area contributed by atoms with E-state index in [9.17, 15) is 9.90 Å². The minimum Gasteiger partial charge on any atom is -0.507 e. The van der Waals surface area contributed by atoms with Gasteiger partial charge in [0.2, 0.25) is 0 Å². The van der Waals surface area contributed by atoms with Crippen molar-refractivity contribution in [1.29, 1.82) is 0 Å². The van der Waals surface area contributed by atoms with E-state index in [4.69, 9.17) is 4.74 Å². The Morgan fingerprint density at radius 1 is 1.17 bits per heavy atom. The summed E-state index contributed by atoms with van der Waals surface area (Å²) in [4.78, 5) is 13.4. The first-order chi connectivity index (χ1) is 14.0. The molecule has 1 aliphatic carbocycles. The van der Waals surface area contributed by atoms with Crippen LogP contribution in [-0.2, 0) is 0 Å². The summed E-state index contributed by atoms with van der Waals surface area (Å²) in [6, 6.07) is 15.2. The molecule has 2 aromatic carbocycles. The smallest absolute Gasteiger partial charge is 0.170 e. The Morgan fingerprint density at radius 3 is 2.59 bits per heavy atom. The van der Waals surface area contributed by atoms with Crippen LogP contribution in [0, 0.1) is 5.92 Å². The van der Waals surface area contributed by atoms with E-state index >= 15 is 0 Å². The molecule has 3 nitrogen and oxygen atoms in total. The number of ketones is 1. The third kappa shape index (κ3) is 5.17. The van der Waals surface area contributed by atoms with Crippen LogP contribution < -0.4 is 4.74 Å². The summed E-state index contributed by atoms with van der Waals surface area (Å²) in [5, 5.41) is 10.4. The number of hydrogen-bond acceptors (Lipinski definition) is 3. The lowest BCUT2D eigenvalue weighted by Crippen LogP contribution is -2.25. The molecular weight excluding hydrogens is 360 g/mol. The first-order valence-electron chi connectivity index (χ1n) is 10.3. The van der Waals surface area contributed by atoms with Crippen molar-refractivity contribution in [3.05, 3.63) is 83.0 Å². The quantitative estimate of drug-likeness (QED) is 0.436. The first kappa shape index (κ1) is 20.9. The van der Waals surface area contributed by atoms with Crippen molar-refractivity contribution in [1.82, 2.24) is 0 Å². The number of phenolic OH excluding ortho intramolecular Hbond substituents is 1. The van der Waals surface area contributed by atoms with Crippen molar-refractivity contribution in [2.24, 2.45) is 5.92 Å². The van der Waals surface area contributed by atoms with Crippen LogP contribution in [0.25, 0.3) is 0 Å². The first-order valence-corrected chi connectivity index (χ1v) is 10.3. The third-order valence-corrected chi connectivity index (χ3v) is 5.68.